The molecule has 4 N–H and O–H groups in total. The van der Waals surface area contributed by atoms with Crippen LogP contribution in [0.4, 0.5) is 0 Å². The van der Waals surface area contributed by atoms with E-state index >= 15 is 0 Å². The average Bonchev–Trinajstić information content (AvgIpc) is 3.18. The van der Waals surface area contributed by atoms with Crippen molar-refractivity contribution in [3.8, 4) is 0 Å². The quantitative estimate of drug-likeness (QED) is 0.163. The summed E-state index contributed by atoms with van der Waals surface area (Å²) >= 11 is 0. The van der Waals surface area contributed by atoms with E-state index in [1.807, 2.05) is 26.0 Å². The number of allylic oxidation sites excluding steroid dienone is 4. The van der Waals surface area contributed by atoms with Crippen LogP contribution in [0.25, 0.3) is 0 Å². The summed E-state index contributed by atoms with van der Waals surface area (Å²) in [7, 11) is 3.05. The molecule has 13 heteroatoms. The smallest absolute Gasteiger partial charge is 0.329 e. The highest BCUT2D eigenvalue weighted by Crippen LogP contribution is 2.39. The number of aliphatic hydroxyl groups is 4. The molecule has 1 aliphatic carbocycles. The molecule has 2 saturated heterocycles. The SMILES string of the molecule is C=CC/C1=C\C(C)C[C@H](C)C[C@H](OC)[C@H]2O[C@@](O)(C(=O)C(=O)N3CCCC[C@H]3C(=O)O[C@H](C(C)=C[C@@H]3CC[C@@H](O)[C@H](CO)C3)[C@H](C)[C@@H](O)CC1=O)[C@H](C)C[C@@H]2OC. The highest BCUT2D eigenvalue weighted by atomic mass is 16.7. The number of methoxy groups -OCH3 is 2. The summed E-state index contributed by atoms with van der Waals surface area (Å²) in [5.41, 5.74) is 1.14. The summed E-state index contributed by atoms with van der Waals surface area (Å²) in [4.78, 5) is 57.7. The number of Topliss-reactive ketones (excluding diaryl/α,β-unsaturated/α-hetero) is 2. The fraction of sp³-hybridized carbons (Fsp3) is 0.773. The lowest BCUT2D eigenvalue weighted by molar-refractivity contribution is -0.302. The second-order valence-electron chi connectivity index (χ2n) is 17.4. The fourth-order valence-electron chi connectivity index (χ4n) is 9.53. The third-order valence-electron chi connectivity index (χ3n) is 13.0. The number of piperidine rings is 1. The molecule has 0 radical (unpaired) electrons. The van der Waals surface area contributed by atoms with Crippen molar-refractivity contribution in [3.63, 3.8) is 0 Å². The first-order valence-corrected chi connectivity index (χ1v) is 21.0. The highest BCUT2D eigenvalue weighted by Gasteiger charge is 2.56. The summed E-state index contributed by atoms with van der Waals surface area (Å²) in [6.45, 7) is 12.9. The molecule has 1 unspecified atom stereocenters. The van der Waals surface area contributed by atoms with Crippen LogP contribution in [0.3, 0.4) is 0 Å². The minimum Gasteiger partial charge on any atom is -0.456 e. The molecule has 3 aliphatic heterocycles. The lowest BCUT2D eigenvalue weighted by Gasteiger charge is -2.47. The van der Waals surface area contributed by atoms with E-state index in [4.69, 9.17) is 18.9 Å². The van der Waals surface area contributed by atoms with Crippen LogP contribution in [0, 0.1) is 35.5 Å². The minimum absolute atomic E-state index is 0.0276. The maximum atomic E-state index is 14.3. The number of rotatable bonds is 7. The van der Waals surface area contributed by atoms with Crippen molar-refractivity contribution in [1.82, 2.24) is 4.90 Å². The van der Waals surface area contributed by atoms with E-state index in [0.29, 0.717) is 62.5 Å². The molecule has 322 valence electrons. The van der Waals surface area contributed by atoms with E-state index in [2.05, 4.69) is 6.58 Å². The maximum Gasteiger partial charge on any atom is 0.329 e. The second-order valence-corrected chi connectivity index (χ2v) is 17.4. The van der Waals surface area contributed by atoms with Crippen LogP contribution in [0.2, 0.25) is 0 Å². The Kier molecular flexibility index (Phi) is 17.2. The van der Waals surface area contributed by atoms with E-state index in [1.165, 1.54) is 19.1 Å². The number of carbonyl (C=O) groups excluding carboxylic acids is 4. The third-order valence-corrected chi connectivity index (χ3v) is 13.0. The van der Waals surface area contributed by atoms with Gasteiger partial charge in [0, 0.05) is 51.5 Å². The first-order valence-electron chi connectivity index (χ1n) is 21.0. The molecule has 3 heterocycles. The number of ketones is 2. The number of carbonyl (C=O) groups is 4. The van der Waals surface area contributed by atoms with Gasteiger partial charge >= 0.3 is 5.97 Å². The number of amides is 1. The van der Waals surface area contributed by atoms with Crippen LogP contribution in [0.5, 0.6) is 0 Å². The average molecular weight is 804 g/mol. The number of esters is 1. The summed E-state index contributed by atoms with van der Waals surface area (Å²) in [6, 6.07) is -1.16. The predicted octanol–water partition coefficient (Wildman–Crippen LogP) is 4.23. The van der Waals surface area contributed by atoms with Gasteiger partial charge in [0.05, 0.1) is 24.4 Å². The van der Waals surface area contributed by atoms with Crippen molar-refractivity contribution in [3.05, 3.63) is 36.0 Å². The van der Waals surface area contributed by atoms with E-state index in [-0.39, 0.29) is 61.9 Å². The van der Waals surface area contributed by atoms with Gasteiger partial charge in [0.25, 0.3) is 11.7 Å². The normalized spacial score (nSPS) is 41.0. The number of aliphatic hydroxyl groups excluding tert-OH is 3. The molecule has 4 aliphatic rings. The summed E-state index contributed by atoms with van der Waals surface area (Å²) < 4.78 is 24.2. The molecule has 2 bridgehead atoms. The van der Waals surface area contributed by atoms with Gasteiger partial charge in [-0.1, -0.05) is 45.9 Å². The van der Waals surface area contributed by atoms with Crippen LogP contribution in [-0.4, -0.2) is 125 Å². The van der Waals surface area contributed by atoms with Crippen molar-refractivity contribution in [2.75, 3.05) is 27.4 Å². The second kappa shape index (κ2) is 21.0. The number of hydrogen-bond acceptors (Lipinski definition) is 12. The number of cyclic esters (lactones) is 1. The van der Waals surface area contributed by atoms with E-state index < -0.39 is 77.9 Å². The predicted molar refractivity (Wildman–Crippen MR) is 212 cm³/mol. The summed E-state index contributed by atoms with van der Waals surface area (Å²) in [5.74, 6) is -7.75. The van der Waals surface area contributed by atoms with Crippen LogP contribution < -0.4 is 0 Å². The Bertz CT molecular complexity index is 1480. The van der Waals surface area contributed by atoms with E-state index in [1.54, 1.807) is 26.8 Å². The lowest BCUT2D eigenvalue weighted by Crippen LogP contribution is -2.64. The van der Waals surface area contributed by atoms with Gasteiger partial charge in [-0.05, 0) is 100 Å². The largest absolute Gasteiger partial charge is 0.456 e. The third kappa shape index (κ3) is 11.3. The van der Waals surface area contributed by atoms with Gasteiger partial charge in [0.2, 0.25) is 5.79 Å². The molecule has 0 spiro atoms. The number of nitrogens with zero attached hydrogens (tertiary/aromatic N) is 1. The first kappa shape index (κ1) is 46.9. The molecule has 3 fully saturated rings. The van der Waals surface area contributed by atoms with E-state index in [0.717, 1.165) is 0 Å². The van der Waals surface area contributed by atoms with Crippen LogP contribution in [-0.2, 0) is 38.1 Å². The van der Waals surface area contributed by atoms with Gasteiger partial charge < -0.3 is 44.3 Å². The topological polar surface area (TPSA) is 189 Å². The van der Waals surface area contributed by atoms with E-state index in [9.17, 15) is 39.6 Å². The molecule has 1 saturated carbocycles. The standard InChI is InChI=1S/C44H69NO12/c1-9-12-31-18-25(2)17-26(3)19-37(54-7)40-38(55-8)21-28(5)44(53,57-40)41(50)42(51)45-16-11-10-13-33(45)43(52)56-39(29(6)35(48)23-36(31)49)27(4)20-30-14-15-34(47)32(22-30)24-46/h9,18,20,25-26,28-30,32-35,37-40,46-48,53H,1,10-17,19,21-24H2,2-8H3/b27-20?,31-18+/t25?,26-,28+,29+,30-,32-,33-,34+,35-,37-,38-,39+,40+,44+/m0/s1. The molecule has 0 aromatic carbocycles. The Balaban J connectivity index is 1.78. The van der Waals surface area contributed by atoms with Crippen LogP contribution in [0.1, 0.15) is 105 Å². The Morgan fingerprint density at radius 1 is 0.965 bits per heavy atom. The molecule has 0 aromatic rings. The van der Waals surface area contributed by atoms with Crippen LogP contribution in [0.15, 0.2) is 36.0 Å². The maximum absolute atomic E-state index is 14.3. The molecule has 1 amide bonds. The van der Waals surface area contributed by atoms with Gasteiger partial charge in [-0.2, -0.15) is 0 Å². The fourth-order valence-corrected chi connectivity index (χ4v) is 9.53. The zero-order valence-electron chi connectivity index (χ0n) is 35.1. The molecule has 4 rings (SSSR count). The molecule has 13 nitrogen and oxygen atoms in total. The van der Waals surface area contributed by atoms with Gasteiger partial charge in [0.1, 0.15) is 18.2 Å². The Hall–Kier alpha value is -2.78. The molecule has 57 heavy (non-hydrogen) atoms. The molecular weight excluding hydrogens is 734 g/mol. The van der Waals surface area contributed by atoms with Crippen molar-refractivity contribution in [2.24, 2.45) is 35.5 Å². The summed E-state index contributed by atoms with van der Waals surface area (Å²) in [6.07, 6.45) is 4.95. The van der Waals surface area contributed by atoms with Crippen molar-refractivity contribution < 1.29 is 58.6 Å². The Labute approximate surface area is 338 Å². The highest BCUT2D eigenvalue weighted by molar-refractivity contribution is 6.39. The molecule has 14 atom stereocenters. The van der Waals surface area contributed by atoms with Crippen LogP contribution >= 0.6 is 0 Å². The lowest BCUT2D eigenvalue weighted by atomic mass is 9.78. The van der Waals surface area contributed by atoms with Crippen molar-refractivity contribution >= 4 is 23.4 Å². The zero-order valence-corrected chi connectivity index (χ0v) is 35.1. The monoisotopic (exact) mass is 803 g/mol. The van der Waals surface area contributed by atoms with Gasteiger partial charge in [-0.15, -0.1) is 6.58 Å². The van der Waals surface area contributed by atoms with Crippen molar-refractivity contribution in [1.29, 1.82) is 0 Å². The van der Waals surface area contributed by atoms with Gasteiger partial charge in [-0.25, -0.2) is 4.79 Å². The summed E-state index contributed by atoms with van der Waals surface area (Å²) in [5, 5.41) is 44.0. The Morgan fingerprint density at radius 2 is 1.65 bits per heavy atom. The number of hydrogen-bond donors (Lipinski definition) is 4. The number of fused-ring (bicyclic) bond motifs is 3. The molecule has 0 aromatic heterocycles. The van der Waals surface area contributed by atoms with Gasteiger partial charge in [-0.3, -0.25) is 14.4 Å². The minimum atomic E-state index is -2.52. The zero-order chi connectivity index (χ0) is 42.2. The first-order chi connectivity index (χ1) is 27.0. The van der Waals surface area contributed by atoms with Gasteiger partial charge in [0.15, 0.2) is 5.78 Å². The van der Waals surface area contributed by atoms with Crippen molar-refractivity contribution in [2.45, 2.75) is 154 Å². The Morgan fingerprint density at radius 3 is 2.30 bits per heavy atom. The number of ether oxygens (including phenoxy) is 4. The molecular formula is C44H69NO12.